The molecule has 0 bridgehead atoms. The van der Waals surface area contributed by atoms with Crippen molar-refractivity contribution in [2.45, 2.75) is 11.7 Å². The summed E-state index contributed by atoms with van der Waals surface area (Å²) in [5, 5.41) is 10.5. The van der Waals surface area contributed by atoms with E-state index in [1.807, 2.05) is 0 Å². The van der Waals surface area contributed by atoms with Crippen LogP contribution in [-0.2, 0) is 19.4 Å². The zero-order valence-corrected chi connectivity index (χ0v) is 9.53. The smallest absolute Gasteiger partial charge is 0.308 e. The lowest BCUT2D eigenvalue weighted by atomic mass is 9.63. The van der Waals surface area contributed by atoms with Crippen LogP contribution >= 0.6 is 0 Å². The number of hydrogen-bond donors (Lipinski definition) is 2. The molecule has 1 heterocycles. The number of nitrogens with one attached hydrogen (secondary N) is 1. The van der Waals surface area contributed by atoms with Gasteiger partial charge in [-0.05, 0) is 12.3 Å². The Kier molecular flexibility index (Phi) is 2.45. The van der Waals surface area contributed by atoms with E-state index in [2.05, 4.69) is 5.32 Å². The van der Waals surface area contributed by atoms with Crippen LogP contribution in [0.4, 0.5) is 0 Å². The van der Waals surface area contributed by atoms with Gasteiger partial charge in [-0.25, -0.2) is 8.42 Å². The fourth-order valence-corrected chi connectivity index (χ4v) is 5.33. The van der Waals surface area contributed by atoms with Crippen LogP contribution in [0.3, 0.4) is 0 Å². The molecule has 1 saturated carbocycles. The third-order valence-corrected chi connectivity index (χ3v) is 5.89. The van der Waals surface area contributed by atoms with Gasteiger partial charge in [-0.1, -0.05) is 0 Å². The molecule has 0 spiro atoms. The standard InChI is InChI=1S/C9H13NO5S/c1-10-8(11)5-4-2-3-16(14,15)7(4)6(5)9(12)13/h4-7H,2-3H2,1H3,(H,10,11)(H,12,13)/t4-,5?,6?,7-/m1/s1. The monoisotopic (exact) mass is 247 g/mol. The van der Waals surface area contributed by atoms with E-state index in [0.717, 1.165) is 0 Å². The highest BCUT2D eigenvalue weighted by Gasteiger charge is 2.65. The molecule has 0 aromatic carbocycles. The molecule has 2 unspecified atom stereocenters. The normalized spacial score (nSPS) is 39.6. The number of fused-ring (bicyclic) bond motifs is 1. The van der Waals surface area contributed by atoms with Crippen molar-refractivity contribution in [1.29, 1.82) is 0 Å². The summed E-state index contributed by atoms with van der Waals surface area (Å²) in [4.78, 5) is 22.5. The van der Waals surface area contributed by atoms with E-state index in [-0.39, 0.29) is 17.6 Å². The average Bonchev–Trinajstić information content (AvgIpc) is 2.37. The van der Waals surface area contributed by atoms with Crippen LogP contribution < -0.4 is 5.32 Å². The van der Waals surface area contributed by atoms with Crippen molar-refractivity contribution in [3.8, 4) is 0 Å². The zero-order valence-electron chi connectivity index (χ0n) is 8.71. The van der Waals surface area contributed by atoms with Crippen LogP contribution in [0.1, 0.15) is 6.42 Å². The number of carboxylic acid groups (broad SMARTS) is 1. The second-order valence-electron chi connectivity index (χ2n) is 4.29. The van der Waals surface area contributed by atoms with Gasteiger partial charge >= 0.3 is 5.97 Å². The molecule has 2 rings (SSSR count). The van der Waals surface area contributed by atoms with Crippen molar-refractivity contribution in [3.05, 3.63) is 0 Å². The van der Waals surface area contributed by atoms with E-state index in [0.29, 0.717) is 6.42 Å². The largest absolute Gasteiger partial charge is 0.481 e. The second-order valence-corrected chi connectivity index (χ2v) is 6.57. The summed E-state index contributed by atoms with van der Waals surface area (Å²) in [6, 6.07) is 0. The molecular formula is C9H13NO5S. The molecule has 0 aromatic rings. The quantitative estimate of drug-likeness (QED) is 0.643. The topological polar surface area (TPSA) is 101 Å². The Morgan fingerprint density at radius 3 is 2.44 bits per heavy atom. The molecule has 1 amide bonds. The first-order valence-electron chi connectivity index (χ1n) is 5.06. The number of hydrogen-bond acceptors (Lipinski definition) is 4. The fourth-order valence-electron chi connectivity index (χ4n) is 2.88. The van der Waals surface area contributed by atoms with E-state index in [1.165, 1.54) is 7.05 Å². The Morgan fingerprint density at radius 1 is 1.31 bits per heavy atom. The first-order chi connectivity index (χ1) is 7.40. The maximum Gasteiger partial charge on any atom is 0.308 e. The van der Waals surface area contributed by atoms with Crippen LogP contribution in [0, 0.1) is 17.8 Å². The molecule has 0 aromatic heterocycles. The fraction of sp³-hybridized carbons (Fsp3) is 0.778. The summed E-state index contributed by atoms with van der Waals surface area (Å²) in [6.07, 6.45) is 0.398. The van der Waals surface area contributed by atoms with E-state index in [1.54, 1.807) is 0 Å². The third kappa shape index (κ3) is 1.34. The van der Waals surface area contributed by atoms with E-state index < -0.39 is 32.9 Å². The van der Waals surface area contributed by atoms with Crippen LogP contribution in [0.15, 0.2) is 0 Å². The highest BCUT2D eigenvalue weighted by atomic mass is 32.2. The number of rotatable bonds is 2. The summed E-state index contributed by atoms with van der Waals surface area (Å²) in [6.45, 7) is 0. The van der Waals surface area contributed by atoms with Crippen molar-refractivity contribution in [2.24, 2.45) is 17.8 Å². The molecule has 6 nitrogen and oxygen atoms in total. The summed E-state index contributed by atoms with van der Waals surface area (Å²) in [7, 11) is -1.89. The summed E-state index contributed by atoms with van der Waals surface area (Å²) in [5.74, 6) is -3.64. The van der Waals surface area contributed by atoms with Gasteiger partial charge in [0.15, 0.2) is 9.84 Å². The number of amides is 1. The average molecular weight is 247 g/mol. The Bertz CT molecular complexity index is 443. The van der Waals surface area contributed by atoms with Crippen LogP contribution in [-0.4, -0.2) is 43.5 Å². The molecule has 0 radical (unpaired) electrons. The predicted molar refractivity (Wildman–Crippen MR) is 54.4 cm³/mol. The number of sulfone groups is 1. The first-order valence-corrected chi connectivity index (χ1v) is 6.77. The van der Waals surface area contributed by atoms with Gasteiger partial charge in [-0.15, -0.1) is 0 Å². The Hall–Kier alpha value is -1.11. The van der Waals surface area contributed by atoms with Crippen LogP contribution in [0.5, 0.6) is 0 Å². The van der Waals surface area contributed by atoms with Crippen molar-refractivity contribution in [1.82, 2.24) is 5.32 Å². The highest BCUT2D eigenvalue weighted by molar-refractivity contribution is 7.92. The van der Waals surface area contributed by atoms with Gasteiger partial charge in [0.05, 0.1) is 22.8 Å². The minimum Gasteiger partial charge on any atom is -0.481 e. The Balaban J connectivity index is 2.32. The van der Waals surface area contributed by atoms with Gasteiger partial charge < -0.3 is 10.4 Å². The molecule has 1 aliphatic heterocycles. The number of carbonyl (C=O) groups excluding carboxylic acids is 1. The zero-order chi connectivity index (χ0) is 12.1. The number of aliphatic carboxylic acids is 1. The molecule has 2 aliphatic rings. The van der Waals surface area contributed by atoms with Gasteiger partial charge in [-0.3, -0.25) is 9.59 Å². The lowest BCUT2D eigenvalue weighted by Gasteiger charge is -2.43. The van der Waals surface area contributed by atoms with E-state index in [9.17, 15) is 18.0 Å². The van der Waals surface area contributed by atoms with Gasteiger partial charge in [-0.2, -0.15) is 0 Å². The second kappa shape index (κ2) is 3.44. The van der Waals surface area contributed by atoms with Crippen molar-refractivity contribution < 1.29 is 23.1 Å². The minimum atomic E-state index is -3.32. The van der Waals surface area contributed by atoms with Crippen molar-refractivity contribution in [3.63, 3.8) is 0 Å². The summed E-state index contributed by atoms with van der Waals surface area (Å²) in [5.41, 5.74) is 0. The molecule has 7 heteroatoms. The van der Waals surface area contributed by atoms with Gasteiger partial charge in [0, 0.05) is 7.05 Å². The molecule has 90 valence electrons. The van der Waals surface area contributed by atoms with E-state index in [4.69, 9.17) is 5.11 Å². The van der Waals surface area contributed by atoms with E-state index >= 15 is 0 Å². The summed E-state index contributed by atoms with van der Waals surface area (Å²) < 4.78 is 23.2. The lowest BCUT2D eigenvalue weighted by Crippen LogP contribution is -2.59. The molecular weight excluding hydrogens is 234 g/mol. The molecule has 16 heavy (non-hydrogen) atoms. The van der Waals surface area contributed by atoms with Gasteiger partial charge in [0.2, 0.25) is 5.91 Å². The minimum absolute atomic E-state index is 0.000389. The maximum absolute atomic E-state index is 11.6. The first kappa shape index (κ1) is 11.4. The SMILES string of the molecule is CNC(=O)C1C(C(=O)O)[C@H]2[C@@H]1CCS2(=O)=O. The molecule has 1 saturated heterocycles. The van der Waals surface area contributed by atoms with Gasteiger partial charge in [0.25, 0.3) is 0 Å². The van der Waals surface area contributed by atoms with Crippen molar-refractivity contribution >= 4 is 21.7 Å². The number of carboxylic acids is 1. The highest BCUT2D eigenvalue weighted by Crippen LogP contribution is 2.51. The predicted octanol–water partition coefficient (Wildman–Crippen LogP) is -1.13. The molecule has 1 aliphatic carbocycles. The van der Waals surface area contributed by atoms with Crippen molar-refractivity contribution in [2.75, 3.05) is 12.8 Å². The Morgan fingerprint density at radius 2 is 1.94 bits per heavy atom. The van der Waals surface area contributed by atoms with Crippen LogP contribution in [0.25, 0.3) is 0 Å². The maximum atomic E-state index is 11.6. The lowest BCUT2D eigenvalue weighted by molar-refractivity contribution is -0.156. The molecule has 2 N–H and O–H groups in total. The van der Waals surface area contributed by atoms with Gasteiger partial charge in [0.1, 0.15) is 0 Å². The Labute approximate surface area is 92.9 Å². The molecule has 2 fully saturated rings. The van der Waals surface area contributed by atoms with Crippen LogP contribution in [0.2, 0.25) is 0 Å². The third-order valence-electron chi connectivity index (χ3n) is 3.61. The summed E-state index contributed by atoms with van der Waals surface area (Å²) >= 11 is 0. The number of carbonyl (C=O) groups is 2. The molecule has 4 atom stereocenters.